The van der Waals surface area contributed by atoms with Gasteiger partial charge in [0, 0.05) is 31.8 Å². The van der Waals surface area contributed by atoms with E-state index in [1.165, 1.54) is 11.0 Å². The van der Waals surface area contributed by atoms with E-state index in [1.54, 1.807) is 14.1 Å². The first-order valence-electron chi connectivity index (χ1n) is 7.48. The molecule has 1 N–H and O–H groups in total. The molecule has 1 aliphatic heterocycles. The zero-order chi connectivity index (χ0) is 15.4. The number of nitrogens with one attached hydrogen (secondary N) is 1. The van der Waals surface area contributed by atoms with Gasteiger partial charge in [-0.3, -0.25) is 4.79 Å². The second-order valence-electron chi connectivity index (χ2n) is 5.62. The van der Waals surface area contributed by atoms with Crippen LogP contribution in [0.2, 0.25) is 0 Å². The van der Waals surface area contributed by atoms with Gasteiger partial charge in [0.2, 0.25) is 0 Å². The number of hydrogen-bond donors (Lipinski definition) is 1. The summed E-state index contributed by atoms with van der Waals surface area (Å²) in [5, 5.41) is 3.23. The standard InChI is InChI=1S/C17H23FN2O/c1-4-5-13-10-14(12-6-8-19-9-7-12)16(18)11-15(13)17(21)20(2)3/h6,10-11,19H,4-5,7-9H2,1-3H3. The highest BCUT2D eigenvalue weighted by Crippen LogP contribution is 2.27. The van der Waals surface area contributed by atoms with Gasteiger partial charge in [0.25, 0.3) is 5.91 Å². The SMILES string of the molecule is CCCc1cc(C2=CCNCC2)c(F)cc1C(=O)N(C)C. The molecule has 0 bridgehead atoms. The van der Waals surface area contributed by atoms with Gasteiger partial charge in [0.05, 0.1) is 0 Å². The minimum atomic E-state index is -0.298. The number of nitrogens with zero attached hydrogens (tertiary/aromatic N) is 1. The van der Waals surface area contributed by atoms with Crippen molar-refractivity contribution in [3.63, 3.8) is 0 Å². The molecule has 114 valence electrons. The molecule has 0 fully saturated rings. The zero-order valence-electron chi connectivity index (χ0n) is 13.0. The van der Waals surface area contributed by atoms with E-state index >= 15 is 0 Å². The van der Waals surface area contributed by atoms with Crippen LogP contribution in [0.1, 0.15) is 41.3 Å². The van der Waals surface area contributed by atoms with Crippen molar-refractivity contribution in [1.82, 2.24) is 10.2 Å². The summed E-state index contributed by atoms with van der Waals surface area (Å²) in [4.78, 5) is 13.7. The Kier molecular flexibility index (Phi) is 5.12. The highest BCUT2D eigenvalue weighted by Gasteiger charge is 2.19. The van der Waals surface area contributed by atoms with E-state index in [4.69, 9.17) is 0 Å². The Bertz CT molecular complexity index is 564. The lowest BCUT2D eigenvalue weighted by molar-refractivity contribution is 0.0826. The van der Waals surface area contributed by atoms with Crippen LogP contribution >= 0.6 is 0 Å². The van der Waals surface area contributed by atoms with E-state index < -0.39 is 0 Å². The summed E-state index contributed by atoms with van der Waals surface area (Å²) in [7, 11) is 3.39. The van der Waals surface area contributed by atoms with Gasteiger partial charge in [-0.2, -0.15) is 0 Å². The van der Waals surface area contributed by atoms with Crippen LogP contribution in [0, 0.1) is 5.82 Å². The second-order valence-corrected chi connectivity index (χ2v) is 5.62. The molecule has 21 heavy (non-hydrogen) atoms. The topological polar surface area (TPSA) is 32.3 Å². The Hall–Kier alpha value is -1.68. The summed E-state index contributed by atoms with van der Waals surface area (Å²) >= 11 is 0. The number of halogens is 1. The lowest BCUT2D eigenvalue weighted by Crippen LogP contribution is -2.24. The molecule has 0 unspecified atom stereocenters. The molecule has 0 saturated heterocycles. The summed E-state index contributed by atoms with van der Waals surface area (Å²) in [6.07, 6.45) is 4.57. The maximum Gasteiger partial charge on any atom is 0.253 e. The molecule has 1 heterocycles. The third-order valence-corrected chi connectivity index (χ3v) is 3.76. The molecule has 0 aliphatic carbocycles. The van der Waals surface area contributed by atoms with Crippen molar-refractivity contribution < 1.29 is 9.18 Å². The van der Waals surface area contributed by atoms with Crippen LogP contribution in [0.4, 0.5) is 4.39 Å². The Balaban J connectivity index is 2.47. The lowest BCUT2D eigenvalue weighted by atomic mass is 9.93. The minimum Gasteiger partial charge on any atom is -0.345 e. The monoisotopic (exact) mass is 290 g/mol. The van der Waals surface area contributed by atoms with Crippen LogP contribution in [0.3, 0.4) is 0 Å². The number of carbonyl (C=O) groups excluding carboxylic acids is 1. The first-order chi connectivity index (χ1) is 10.0. The van der Waals surface area contributed by atoms with Crippen molar-refractivity contribution >= 4 is 11.5 Å². The van der Waals surface area contributed by atoms with Crippen LogP contribution in [-0.4, -0.2) is 38.0 Å². The van der Waals surface area contributed by atoms with Crippen molar-refractivity contribution in [2.24, 2.45) is 0 Å². The first-order valence-corrected chi connectivity index (χ1v) is 7.48. The molecule has 1 aromatic carbocycles. The average Bonchev–Trinajstić information content (AvgIpc) is 2.49. The number of benzene rings is 1. The van der Waals surface area contributed by atoms with Gasteiger partial charge in [-0.15, -0.1) is 0 Å². The van der Waals surface area contributed by atoms with Crippen molar-refractivity contribution in [1.29, 1.82) is 0 Å². The van der Waals surface area contributed by atoms with Crippen molar-refractivity contribution in [3.05, 3.63) is 40.7 Å². The van der Waals surface area contributed by atoms with Crippen molar-refractivity contribution in [3.8, 4) is 0 Å². The van der Waals surface area contributed by atoms with E-state index in [0.29, 0.717) is 11.1 Å². The summed E-state index contributed by atoms with van der Waals surface area (Å²) < 4.78 is 14.4. The van der Waals surface area contributed by atoms with Crippen LogP contribution in [-0.2, 0) is 6.42 Å². The molecule has 1 amide bonds. The minimum absolute atomic E-state index is 0.136. The second kappa shape index (κ2) is 6.85. The Labute approximate surface area is 125 Å². The van der Waals surface area contributed by atoms with Crippen LogP contribution in [0.15, 0.2) is 18.2 Å². The summed E-state index contributed by atoms with van der Waals surface area (Å²) in [5.74, 6) is -0.434. The number of hydrogen-bond acceptors (Lipinski definition) is 2. The molecule has 0 aromatic heterocycles. The molecule has 0 atom stereocenters. The van der Waals surface area contributed by atoms with Gasteiger partial charge in [-0.1, -0.05) is 19.4 Å². The van der Waals surface area contributed by atoms with Gasteiger partial charge in [0.1, 0.15) is 5.82 Å². The van der Waals surface area contributed by atoms with E-state index in [0.717, 1.165) is 43.5 Å². The molecular weight excluding hydrogens is 267 g/mol. The lowest BCUT2D eigenvalue weighted by Gasteiger charge is -2.19. The van der Waals surface area contributed by atoms with Crippen LogP contribution in [0.25, 0.3) is 5.57 Å². The maximum absolute atomic E-state index is 14.4. The maximum atomic E-state index is 14.4. The molecule has 0 spiro atoms. The van der Waals surface area contributed by atoms with E-state index in [9.17, 15) is 9.18 Å². The zero-order valence-corrected chi connectivity index (χ0v) is 13.0. The van der Waals surface area contributed by atoms with E-state index in [1.807, 2.05) is 12.1 Å². The molecule has 1 aliphatic rings. The quantitative estimate of drug-likeness (QED) is 0.925. The molecule has 3 nitrogen and oxygen atoms in total. The van der Waals surface area contributed by atoms with E-state index in [2.05, 4.69) is 12.2 Å². The van der Waals surface area contributed by atoms with Gasteiger partial charge in [-0.25, -0.2) is 4.39 Å². The fourth-order valence-corrected chi connectivity index (χ4v) is 2.65. The largest absolute Gasteiger partial charge is 0.345 e. The smallest absolute Gasteiger partial charge is 0.253 e. The molecule has 0 saturated carbocycles. The van der Waals surface area contributed by atoms with E-state index in [-0.39, 0.29) is 11.7 Å². The molecular formula is C17H23FN2O. The first kappa shape index (κ1) is 15.7. The molecule has 4 heteroatoms. The van der Waals surface area contributed by atoms with Crippen molar-refractivity contribution in [2.75, 3.05) is 27.2 Å². The fraction of sp³-hybridized carbons (Fsp3) is 0.471. The van der Waals surface area contributed by atoms with Gasteiger partial charge < -0.3 is 10.2 Å². The molecule has 0 radical (unpaired) electrons. The Morgan fingerprint density at radius 1 is 1.38 bits per heavy atom. The number of amides is 1. The van der Waals surface area contributed by atoms with Crippen molar-refractivity contribution in [2.45, 2.75) is 26.2 Å². The average molecular weight is 290 g/mol. The van der Waals surface area contributed by atoms with Gasteiger partial charge in [-0.05, 0) is 42.7 Å². The number of carbonyl (C=O) groups is 1. The van der Waals surface area contributed by atoms with Crippen LogP contribution in [0.5, 0.6) is 0 Å². The predicted octanol–water partition coefficient (Wildman–Crippen LogP) is 2.86. The highest BCUT2D eigenvalue weighted by molar-refractivity contribution is 5.96. The number of rotatable bonds is 4. The summed E-state index contributed by atoms with van der Waals surface area (Å²) in [6, 6.07) is 3.28. The summed E-state index contributed by atoms with van der Waals surface area (Å²) in [5.41, 5.74) is 3.10. The Morgan fingerprint density at radius 3 is 2.71 bits per heavy atom. The van der Waals surface area contributed by atoms with Crippen LogP contribution < -0.4 is 5.32 Å². The van der Waals surface area contributed by atoms with Gasteiger partial charge in [0.15, 0.2) is 0 Å². The fourth-order valence-electron chi connectivity index (χ4n) is 2.65. The molecule has 2 rings (SSSR count). The predicted molar refractivity (Wildman–Crippen MR) is 83.9 cm³/mol. The third kappa shape index (κ3) is 3.50. The highest BCUT2D eigenvalue weighted by atomic mass is 19.1. The third-order valence-electron chi connectivity index (χ3n) is 3.76. The van der Waals surface area contributed by atoms with Gasteiger partial charge >= 0.3 is 0 Å². The normalized spacial score (nSPS) is 14.8. The summed E-state index contributed by atoms with van der Waals surface area (Å²) in [6.45, 7) is 3.71. The number of aryl methyl sites for hydroxylation is 1. The molecule has 1 aromatic rings. The Morgan fingerprint density at radius 2 is 2.14 bits per heavy atom.